The van der Waals surface area contributed by atoms with Gasteiger partial charge in [0.2, 0.25) is 0 Å². The average molecular weight is 426 g/mol. The molecule has 2 heterocycles. The lowest BCUT2D eigenvalue weighted by Crippen LogP contribution is -2.18. The van der Waals surface area contributed by atoms with E-state index < -0.39 is 0 Å². The first kappa shape index (κ1) is 15.2. The van der Waals surface area contributed by atoms with E-state index in [1.54, 1.807) is 11.3 Å². The van der Waals surface area contributed by atoms with Crippen LogP contribution in [0.1, 0.15) is 16.6 Å². The number of benzene rings is 1. The molecule has 0 aliphatic heterocycles. The molecule has 1 N–H and O–H groups in total. The number of pyridine rings is 1. The summed E-state index contributed by atoms with van der Waals surface area (Å²) in [6, 6.07) is 14.9. The van der Waals surface area contributed by atoms with Gasteiger partial charge in [-0.2, -0.15) is 0 Å². The molecule has 0 aliphatic carbocycles. The van der Waals surface area contributed by atoms with Gasteiger partial charge >= 0.3 is 0 Å². The summed E-state index contributed by atoms with van der Waals surface area (Å²) in [6.45, 7) is 0. The minimum Gasteiger partial charge on any atom is -0.312 e. The summed E-state index contributed by atoms with van der Waals surface area (Å²) >= 11 is 8.86. The molecule has 108 valence electrons. The number of hydrogen-bond donors (Lipinski definition) is 1. The molecule has 1 atom stereocenters. The first-order chi connectivity index (χ1) is 10.2. The number of likely N-dealkylation sites (N-methyl/N-ethyl adjacent to an activating group) is 1. The Balaban J connectivity index is 1.88. The quantitative estimate of drug-likeness (QED) is 0.611. The third-order valence-electron chi connectivity index (χ3n) is 3.43. The van der Waals surface area contributed by atoms with Gasteiger partial charge in [-0.15, -0.1) is 11.3 Å². The van der Waals surface area contributed by atoms with Gasteiger partial charge in [0, 0.05) is 32.9 Å². The Labute approximate surface area is 144 Å². The Kier molecular flexibility index (Phi) is 4.74. The second-order valence-electron chi connectivity index (χ2n) is 4.81. The predicted molar refractivity (Wildman–Crippen MR) is 97.0 cm³/mol. The van der Waals surface area contributed by atoms with Gasteiger partial charge in [-0.1, -0.05) is 24.3 Å². The third-order valence-corrected chi connectivity index (χ3v) is 6.80. The van der Waals surface area contributed by atoms with Gasteiger partial charge in [0.05, 0.1) is 9.30 Å². The molecule has 1 aromatic carbocycles. The highest BCUT2D eigenvalue weighted by molar-refractivity contribution is 9.13. The second kappa shape index (κ2) is 6.57. The molecule has 3 rings (SSSR count). The monoisotopic (exact) mass is 424 g/mol. The normalized spacial score (nSPS) is 12.7. The Morgan fingerprint density at radius 3 is 2.71 bits per heavy atom. The van der Waals surface area contributed by atoms with Crippen LogP contribution in [0.4, 0.5) is 0 Å². The summed E-state index contributed by atoms with van der Waals surface area (Å²) in [5.41, 5.74) is 2.16. The van der Waals surface area contributed by atoms with Gasteiger partial charge < -0.3 is 5.32 Å². The smallest absolute Gasteiger partial charge is 0.0843 e. The van der Waals surface area contributed by atoms with Crippen LogP contribution in [0.3, 0.4) is 0 Å². The minimum absolute atomic E-state index is 0.270. The Bertz CT molecular complexity index is 750. The number of hydrogen-bond acceptors (Lipinski definition) is 3. The molecule has 5 heteroatoms. The fraction of sp³-hybridized carbons (Fsp3) is 0.188. The van der Waals surface area contributed by atoms with Crippen LogP contribution >= 0.6 is 43.2 Å². The molecule has 2 nitrogen and oxygen atoms in total. The number of nitrogens with one attached hydrogen (secondary N) is 1. The van der Waals surface area contributed by atoms with Crippen LogP contribution in [0.5, 0.6) is 0 Å². The van der Waals surface area contributed by atoms with E-state index in [-0.39, 0.29) is 6.04 Å². The summed E-state index contributed by atoms with van der Waals surface area (Å²) in [4.78, 5) is 6.06. The van der Waals surface area contributed by atoms with Crippen molar-refractivity contribution in [3.63, 3.8) is 0 Å². The number of halogens is 2. The molecule has 3 aromatic rings. The van der Waals surface area contributed by atoms with E-state index in [0.717, 1.165) is 25.9 Å². The maximum atomic E-state index is 4.76. The van der Waals surface area contributed by atoms with Crippen molar-refractivity contribution in [2.75, 3.05) is 7.05 Å². The second-order valence-corrected chi connectivity index (χ2v) is 8.07. The lowest BCUT2D eigenvalue weighted by molar-refractivity contribution is 0.595. The van der Waals surface area contributed by atoms with Crippen LogP contribution in [0.15, 0.2) is 50.7 Å². The van der Waals surface area contributed by atoms with Crippen molar-refractivity contribution in [2.24, 2.45) is 0 Å². The Morgan fingerprint density at radius 1 is 1.19 bits per heavy atom. The van der Waals surface area contributed by atoms with Crippen LogP contribution in [0.2, 0.25) is 0 Å². The highest BCUT2D eigenvalue weighted by atomic mass is 79.9. The van der Waals surface area contributed by atoms with Gasteiger partial charge in [-0.25, -0.2) is 0 Å². The standard InChI is InChI=1S/C16H14Br2N2S/c1-19-14(15-9-12(17)16(18)21-15)8-11-7-6-10-4-2-3-5-13(10)20-11/h2-7,9,14,19H,8H2,1H3. The van der Waals surface area contributed by atoms with Crippen LogP contribution in [0.25, 0.3) is 10.9 Å². The van der Waals surface area contributed by atoms with Crippen molar-refractivity contribution < 1.29 is 0 Å². The summed E-state index contributed by atoms with van der Waals surface area (Å²) in [5.74, 6) is 0. The molecule has 0 aliphatic rings. The number of rotatable bonds is 4. The average Bonchev–Trinajstić information content (AvgIpc) is 2.84. The van der Waals surface area contributed by atoms with E-state index in [2.05, 4.69) is 67.5 Å². The molecule has 21 heavy (non-hydrogen) atoms. The van der Waals surface area contributed by atoms with Crippen molar-refractivity contribution in [2.45, 2.75) is 12.5 Å². The number of nitrogens with zero attached hydrogens (tertiary/aromatic N) is 1. The zero-order valence-electron chi connectivity index (χ0n) is 11.4. The van der Waals surface area contributed by atoms with E-state index in [0.29, 0.717) is 0 Å². The predicted octanol–water partition coefficient (Wildman–Crippen LogP) is 5.32. The number of aromatic nitrogens is 1. The highest BCUT2D eigenvalue weighted by Crippen LogP contribution is 2.36. The summed E-state index contributed by atoms with van der Waals surface area (Å²) in [6.07, 6.45) is 0.876. The minimum atomic E-state index is 0.270. The number of thiophene rings is 1. The molecule has 0 spiro atoms. The molecule has 0 bridgehead atoms. The molecule has 2 aromatic heterocycles. The molecule has 0 amide bonds. The fourth-order valence-corrected chi connectivity index (χ4v) is 4.51. The van der Waals surface area contributed by atoms with Gasteiger partial charge in [0.1, 0.15) is 0 Å². The van der Waals surface area contributed by atoms with Crippen LogP contribution in [-0.2, 0) is 6.42 Å². The van der Waals surface area contributed by atoms with Crippen LogP contribution in [-0.4, -0.2) is 12.0 Å². The Hall–Kier alpha value is -0.750. The van der Waals surface area contributed by atoms with Crippen molar-refractivity contribution in [3.8, 4) is 0 Å². The fourth-order valence-electron chi connectivity index (χ4n) is 2.31. The molecule has 0 fully saturated rings. The van der Waals surface area contributed by atoms with Crippen LogP contribution < -0.4 is 5.32 Å². The van der Waals surface area contributed by atoms with Crippen molar-refractivity contribution in [3.05, 3.63) is 61.3 Å². The topological polar surface area (TPSA) is 24.9 Å². The largest absolute Gasteiger partial charge is 0.312 e. The summed E-state index contributed by atoms with van der Waals surface area (Å²) < 4.78 is 2.23. The lowest BCUT2D eigenvalue weighted by atomic mass is 10.1. The van der Waals surface area contributed by atoms with Gasteiger partial charge in [0.15, 0.2) is 0 Å². The van der Waals surface area contributed by atoms with E-state index >= 15 is 0 Å². The zero-order valence-corrected chi connectivity index (χ0v) is 15.4. The van der Waals surface area contributed by atoms with E-state index in [4.69, 9.17) is 4.98 Å². The van der Waals surface area contributed by atoms with Gasteiger partial charge in [-0.3, -0.25) is 4.98 Å². The van der Waals surface area contributed by atoms with Gasteiger partial charge in [-0.05, 0) is 57.1 Å². The molecule has 0 saturated heterocycles. The molecule has 0 radical (unpaired) electrons. The van der Waals surface area contributed by atoms with Crippen LogP contribution in [0, 0.1) is 0 Å². The molecule has 0 saturated carbocycles. The SMILES string of the molecule is CNC(Cc1ccc2ccccc2n1)c1cc(Br)c(Br)s1. The lowest BCUT2D eigenvalue weighted by Gasteiger charge is -2.14. The number of fused-ring (bicyclic) bond motifs is 1. The highest BCUT2D eigenvalue weighted by Gasteiger charge is 2.15. The first-order valence-electron chi connectivity index (χ1n) is 6.64. The van der Waals surface area contributed by atoms with Gasteiger partial charge in [0.25, 0.3) is 0 Å². The van der Waals surface area contributed by atoms with Crippen molar-refractivity contribution in [1.82, 2.24) is 10.3 Å². The van der Waals surface area contributed by atoms with E-state index in [1.165, 1.54) is 10.3 Å². The van der Waals surface area contributed by atoms with Crippen molar-refractivity contribution >= 4 is 54.1 Å². The molecular formula is C16H14Br2N2S. The third kappa shape index (κ3) is 3.37. The zero-order chi connectivity index (χ0) is 14.8. The maximum Gasteiger partial charge on any atom is 0.0843 e. The van der Waals surface area contributed by atoms with E-state index in [9.17, 15) is 0 Å². The molecular weight excluding hydrogens is 412 g/mol. The first-order valence-corrected chi connectivity index (χ1v) is 9.04. The maximum absolute atomic E-state index is 4.76. The summed E-state index contributed by atoms with van der Waals surface area (Å²) in [7, 11) is 1.99. The van der Waals surface area contributed by atoms with E-state index in [1.807, 2.05) is 19.2 Å². The number of para-hydroxylation sites is 1. The molecule has 1 unspecified atom stereocenters. The van der Waals surface area contributed by atoms with Crippen molar-refractivity contribution in [1.29, 1.82) is 0 Å². The summed E-state index contributed by atoms with van der Waals surface area (Å²) in [5, 5.41) is 4.57. The Morgan fingerprint density at radius 2 is 2.00 bits per heavy atom.